The number of benzene rings is 1. The molecule has 2 amide bonds. The van der Waals surface area contributed by atoms with E-state index in [1.165, 1.54) is 16.7 Å². The second-order valence-corrected chi connectivity index (χ2v) is 9.23. The van der Waals surface area contributed by atoms with Crippen LogP contribution in [0.2, 0.25) is 0 Å². The lowest BCUT2D eigenvalue weighted by molar-refractivity contribution is 0.145. The first-order valence-electron chi connectivity index (χ1n) is 9.22. The molecule has 4 rings (SSSR count). The molecule has 2 atom stereocenters. The molecular weight excluding hydrogens is 378 g/mol. The molecule has 0 spiro atoms. The lowest BCUT2D eigenvalue weighted by atomic mass is 9.85. The zero-order valence-electron chi connectivity index (χ0n) is 15.9. The monoisotopic (exact) mass is 401 g/mol. The van der Waals surface area contributed by atoms with Crippen molar-refractivity contribution in [2.24, 2.45) is 0 Å². The van der Waals surface area contributed by atoms with E-state index in [0.717, 1.165) is 31.3 Å². The number of sulfone groups is 1. The Hall–Kier alpha value is -2.52. The van der Waals surface area contributed by atoms with Crippen LogP contribution in [0, 0.1) is 0 Å². The number of nitrogens with zero attached hydrogens (tertiary/aromatic N) is 4. The summed E-state index contributed by atoms with van der Waals surface area (Å²) in [5, 5.41) is 3.17. The third kappa shape index (κ3) is 3.35. The number of piperidine rings is 1. The van der Waals surface area contributed by atoms with Crippen LogP contribution >= 0.6 is 0 Å². The molecule has 0 bridgehead atoms. The zero-order chi connectivity index (χ0) is 19.9. The Morgan fingerprint density at radius 3 is 2.68 bits per heavy atom. The molecule has 9 heteroatoms. The van der Waals surface area contributed by atoms with Gasteiger partial charge in [0.05, 0.1) is 6.54 Å². The number of amides is 2. The highest BCUT2D eigenvalue weighted by Crippen LogP contribution is 2.34. The van der Waals surface area contributed by atoms with E-state index in [9.17, 15) is 13.2 Å². The molecule has 28 heavy (non-hydrogen) atoms. The number of anilines is 1. The van der Waals surface area contributed by atoms with Gasteiger partial charge in [0, 0.05) is 43.6 Å². The van der Waals surface area contributed by atoms with E-state index in [1.807, 2.05) is 23.1 Å². The second-order valence-electron chi connectivity index (χ2n) is 7.32. The van der Waals surface area contributed by atoms with Crippen LogP contribution in [0.3, 0.4) is 0 Å². The highest BCUT2D eigenvalue weighted by Gasteiger charge is 2.39. The largest absolute Gasteiger partial charge is 0.325 e. The van der Waals surface area contributed by atoms with E-state index in [0.29, 0.717) is 12.4 Å². The first-order valence-corrected chi connectivity index (χ1v) is 11.1. The number of fused-ring (bicyclic) bond motifs is 1. The average Bonchev–Trinajstić information content (AvgIpc) is 2.70. The number of nitrogens with one attached hydrogen (secondary N) is 1. The zero-order valence-corrected chi connectivity index (χ0v) is 16.7. The number of hydrogen-bond donors (Lipinski definition) is 1. The smallest absolute Gasteiger partial charge is 0.316 e. The third-order valence-electron chi connectivity index (χ3n) is 5.42. The number of rotatable bonds is 3. The maximum Gasteiger partial charge on any atom is 0.325 e. The number of carbonyl (C=O) groups excluding carboxylic acids is 1. The van der Waals surface area contributed by atoms with Gasteiger partial charge in [0.2, 0.25) is 15.0 Å². The molecule has 2 aliphatic heterocycles. The van der Waals surface area contributed by atoms with Crippen molar-refractivity contribution in [3.05, 3.63) is 47.7 Å². The average molecular weight is 401 g/mol. The van der Waals surface area contributed by atoms with Gasteiger partial charge >= 0.3 is 6.03 Å². The minimum Gasteiger partial charge on any atom is -0.316 e. The molecule has 3 heterocycles. The third-order valence-corrected chi connectivity index (χ3v) is 6.28. The molecule has 2 aliphatic rings. The molecule has 1 N–H and O–H groups in total. The lowest BCUT2D eigenvalue weighted by Gasteiger charge is -2.44. The van der Waals surface area contributed by atoms with Crippen LogP contribution in [0.25, 0.3) is 0 Å². The Morgan fingerprint density at radius 2 is 1.96 bits per heavy atom. The first kappa shape index (κ1) is 18.8. The first-order chi connectivity index (χ1) is 13.4. The normalized spacial score (nSPS) is 22.9. The van der Waals surface area contributed by atoms with E-state index in [1.54, 1.807) is 7.05 Å². The van der Waals surface area contributed by atoms with Crippen molar-refractivity contribution in [1.29, 1.82) is 0 Å². The predicted molar refractivity (Wildman–Crippen MR) is 105 cm³/mol. The standard InChI is InChI=1S/C19H23N5O3S/c1-23-17-14(10-21-18(22-17)28(2,26)27)12-24(19(23)25)16-8-9-20-11-15(16)13-6-4-3-5-7-13/h3-7,10,15-16,20H,8-9,11-12H2,1-2H3. The summed E-state index contributed by atoms with van der Waals surface area (Å²) in [5.41, 5.74) is 1.95. The Bertz CT molecular complexity index is 996. The number of hydrogen-bond acceptors (Lipinski definition) is 6. The molecule has 1 aromatic carbocycles. The summed E-state index contributed by atoms with van der Waals surface area (Å²) >= 11 is 0. The van der Waals surface area contributed by atoms with Gasteiger partial charge in [0.25, 0.3) is 0 Å². The lowest BCUT2D eigenvalue weighted by Crippen LogP contribution is -2.55. The molecule has 2 unspecified atom stereocenters. The highest BCUT2D eigenvalue weighted by atomic mass is 32.2. The molecule has 0 aliphatic carbocycles. The van der Waals surface area contributed by atoms with E-state index in [2.05, 4.69) is 27.4 Å². The van der Waals surface area contributed by atoms with Crippen molar-refractivity contribution in [3.63, 3.8) is 0 Å². The van der Waals surface area contributed by atoms with Gasteiger partial charge in [-0.2, -0.15) is 0 Å². The quantitative estimate of drug-likeness (QED) is 0.781. The van der Waals surface area contributed by atoms with Crippen molar-refractivity contribution < 1.29 is 13.2 Å². The van der Waals surface area contributed by atoms with Crippen LogP contribution in [0.1, 0.15) is 23.5 Å². The molecule has 1 fully saturated rings. The van der Waals surface area contributed by atoms with E-state index in [-0.39, 0.29) is 23.1 Å². The van der Waals surface area contributed by atoms with Crippen LogP contribution in [0.15, 0.2) is 41.7 Å². The summed E-state index contributed by atoms with van der Waals surface area (Å²) in [5.74, 6) is 0.548. The van der Waals surface area contributed by atoms with Crippen LogP contribution in [0.4, 0.5) is 10.6 Å². The van der Waals surface area contributed by atoms with E-state index in [4.69, 9.17) is 0 Å². The molecule has 8 nitrogen and oxygen atoms in total. The molecule has 1 saturated heterocycles. The van der Waals surface area contributed by atoms with Crippen LogP contribution in [-0.4, -0.2) is 61.8 Å². The molecule has 2 aromatic rings. The van der Waals surface area contributed by atoms with Gasteiger partial charge in [-0.05, 0) is 18.5 Å². The fourth-order valence-corrected chi connectivity index (χ4v) is 4.51. The van der Waals surface area contributed by atoms with Crippen LogP contribution in [-0.2, 0) is 16.4 Å². The summed E-state index contributed by atoms with van der Waals surface area (Å²) in [6, 6.07) is 10.1. The minimum atomic E-state index is -3.54. The number of aromatic nitrogens is 2. The summed E-state index contributed by atoms with van der Waals surface area (Å²) in [4.78, 5) is 24.6. The topological polar surface area (TPSA) is 95.5 Å². The summed E-state index contributed by atoms with van der Waals surface area (Å²) in [6.45, 7) is 2.02. The Kier molecular flexibility index (Phi) is 4.80. The van der Waals surface area contributed by atoms with Gasteiger partial charge in [0.1, 0.15) is 5.82 Å². The van der Waals surface area contributed by atoms with Crippen molar-refractivity contribution >= 4 is 21.7 Å². The summed E-state index contributed by atoms with van der Waals surface area (Å²) in [6.07, 6.45) is 3.43. The van der Waals surface area contributed by atoms with Crippen LogP contribution < -0.4 is 10.2 Å². The van der Waals surface area contributed by atoms with Gasteiger partial charge in [-0.1, -0.05) is 30.3 Å². The van der Waals surface area contributed by atoms with Gasteiger partial charge in [0.15, 0.2) is 0 Å². The molecule has 0 radical (unpaired) electrons. The summed E-state index contributed by atoms with van der Waals surface area (Å²) in [7, 11) is -1.91. The minimum absolute atomic E-state index is 0.0429. The van der Waals surface area contributed by atoms with Crippen molar-refractivity contribution in [3.8, 4) is 0 Å². The SMILES string of the molecule is CN1C(=O)N(C2CCNCC2c2ccccc2)Cc2cnc(S(C)(=O)=O)nc21. The Labute approximate surface area is 164 Å². The van der Waals surface area contributed by atoms with Gasteiger partial charge < -0.3 is 10.2 Å². The molecule has 0 saturated carbocycles. The van der Waals surface area contributed by atoms with Gasteiger partial charge in [-0.3, -0.25) is 4.90 Å². The fraction of sp³-hybridized carbons (Fsp3) is 0.421. The Morgan fingerprint density at radius 1 is 1.21 bits per heavy atom. The number of carbonyl (C=O) groups is 1. The molecule has 1 aromatic heterocycles. The van der Waals surface area contributed by atoms with Gasteiger partial charge in [-0.25, -0.2) is 23.2 Å². The Balaban J connectivity index is 1.68. The highest BCUT2D eigenvalue weighted by molar-refractivity contribution is 7.90. The van der Waals surface area contributed by atoms with Crippen molar-refractivity contribution in [1.82, 2.24) is 20.2 Å². The molecular formula is C19H23N5O3S. The van der Waals surface area contributed by atoms with Gasteiger partial charge in [-0.15, -0.1) is 0 Å². The van der Waals surface area contributed by atoms with E-state index < -0.39 is 9.84 Å². The maximum atomic E-state index is 13.1. The van der Waals surface area contributed by atoms with Crippen LogP contribution in [0.5, 0.6) is 0 Å². The molecule has 148 valence electrons. The summed E-state index contributed by atoms with van der Waals surface area (Å²) < 4.78 is 23.5. The fourth-order valence-electron chi connectivity index (χ4n) is 4.01. The maximum absolute atomic E-state index is 13.1. The predicted octanol–water partition coefficient (Wildman–Crippen LogP) is 1.40. The van der Waals surface area contributed by atoms with E-state index >= 15 is 0 Å². The van der Waals surface area contributed by atoms with Crippen molar-refractivity contribution in [2.45, 2.75) is 30.1 Å². The van der Waals surface area contributed by atoms with Crippen molar-refractivity contribution in [2.75, 3.05) is 31.3 Å². The second kappa shape index (κ2) is 7.14. The number of urea groups is 1.